The van der Waals surface area contributed by atoms with Crippen LogP contribution in [0.3, 0.4) is 0 Å². The predicted molar refractivity (Wildman–Crippen MR) is 97.2 cm³/mol. The topological polar surface area (TPSA) is 71.1 Å². The summed E-state index contributed by atoms with van der Waals surface area (Å²) in [6, 6.07) is 17.7. The Kier molecular flexibility index (Phi) is 4.75. The van der Waals surface area contributed by atoms with Crippen LogP contribution < -0.4 is 10.6 Å². The van der Waals surface area contributed by atoms with Crippen LogP contribution in [-0.2, 0) is 4.79 Å². The first kappa shape index (κ1) is 16.6. The molecule has 0 spiro atoms. The average molecular weight is 333 g/mol. The fraction of sp³-hybridized carbons (Fsp3) is 0.150. The van der Waals surface area contributed by atoms with Crippen molar-refractivity contribution in [2.24, 2.45) is 0 Å². The van der Waals surface area contributed by atoms with Gasteiger partial charge in [-0.3, -0.25) is 14.6 Å². The fourth-order valence-electron chi connectivity index (χ4n) is 2.73. The molecule has 0 aliphatic heterocycles. The second-order valence-corrected chi connectivity index (χ2v) is 5.76. The van der Waals surface area contributed by atoms with Gasteiger partial charge in [0.15, 0.2) is 0 Å². The van der Waals surface area contributed by atoms with Gasteiger partial charge in [-0.15, -0.1) is 0 Å². The van der Waals surface area contributed by atoms with Crippen LogP contribution in [0.5, 0.6) is 0 Å². The SMILES string of the molecule is CNC(=O)[C@H](NC(=O)c1cccc2ccc(C)nc12)c1ccccc1. The lowest BCUT2D eigenvalue weighted by Crippen LogP contribution is -2.39. The first-order valence-corrected chi connectivity index (χ1v) is 8.04. The van der Waals surface area contributed by atoms with E-state index in [0.29, 0.717) is 11.1 Å². The third-order valence-corrected chi connectivity index (χ3v) is 4.02. The number of carbonyl (C=O) groups is 2. The molecule has 0 unspecified atom stereocenters. The van der Waals surface area contributed by atoms with Crippen molar-refractivity contribution in [3.8, 4) is 0 Å². The van der Waals surface area contributed by atoms with Gasteiger partial charge in [-0.25, -0.2) is 0 Å². The number of carbonyl (C=O) groups excluding carboxylic acids is 2. The molecule has 1 atom stereocenters. The van der Waals surface area contributed by atoms with E-state index >= 15 is 0 Å². The zero-order valence-electron chi connectivity index (χ0n) is 14.1. The highest BCUT2D eigenvalue weighted by atomic mass is 16.2. The van der Waals surface area contributed by atoms with Gasteiger partial charge in [0.25, 0.3) is 5.91 Å². The maximum absolute atomic E-state index is 12.8. The molecule has 0 saturated carbocycles. The molecule has 3 rings (SSSR count). The van der Waals surface area contributed by atoms with Crippen LogP contribution in [0, 0.1) is 6.92 Å². The molecule has 0 aliphatic carbocycles. The number of aryl methyl sites for hydroxylation is 1. The monoisotopic (exact) mass is 333 g/mol. The van der Waals surface area contributed by atoms with Crippen LogP contribution in [0.4, 0.5) is 0 Å². The molecule has 2 amide bonds. The van der Waals surface area contributed by atoms with Crippen molar-refractivity contribution in [3.05, 3.63) is 77.5 Å². The third kappa shape index (κ3) is 3.50. The van der Waals surface area contributed by atoms with Crippen LogP contribution in [-0.4, -0.2) is 23.8 Å². The highest BCUT2D eigenvalue weighted by molar-refractivity contribution is 6.06. The van der Waals surface area contributed by atoms with E-state index in [0.717, 1.165) is 16.6 Å². The Morgan fingerprint density at radius 1 is 0.960 bits per heavy atom. The molecule has 5 heteroatoms. The quantitative estimate of drug-likeness (QED) is 0.771. The van der Waals surface area contributed by atoms with Gasteiger partial charge in [-0.2, -0.15) is 0 Å². The summed E-state index contributed by atoms with van der Waals surface area (Å²) in [5, 5.41) is 6.30. The molecule has 3 aromatic rings. The summed E-state index contributed by atoms with van der Waals surface area (Å²) >= 11 is 0. The summed E-state index contributed by atoms with van der Waals surface area (Å²) in [5.74, 6) is -0.606. The zero-order valence-corrected chi connectivity index (χ0v) is 14.1. The minimum absolute atomic E-state index is 0.274. The van der Waals surface area contributed by atoms with Crippen LogP contribution in [0.1, 0.15) is 27.7 Å². The number of para-hydroxylation sites is 1. The van der Waals surface area contributed by atoms with Crippen molar-refractivity contribution in [3.63, 3.8) is 0 Å². The van der Waals surface area contributed by atoms with Crippen LogP contribution in [0.15, 0.2) is 60.7 Å². The summed E-state index contributed by atoms with van der Waals surface area (Å²) in [5.41, 5.74) is 2.63. The third-order valence-electron chi connectivity index (χ3n) is 4.02. The number of nitrogens with zero attached hydrogens (tertiary/aromatic N) is 1. The van der Waals surface area contributed by atoms with E-state index in [-0.39, 0.29) is 11.8 Å². The molecular formula is C20H19N3O2. The number of likely N-dealkylation sites (N-methyl/N-ethyl adjacent to an activating group) is 1. The molecule has 0 fully saturated rings. The Balaban J connectivity index is 1.97. The van der Waals surface area contributed by atoms with Crippen molar-refractivity contribution in [2.75, 3.05) is 7.05 Å². The summed E-state index contributed by atoms with van der Waals surface area (Å²) in [7, 11) is 1.55. The van der Waals surface area contributed by atoms with Crippen molar-refractivity contribution in [1.29, 1.82) is 0 Å². The van der Waals surface area contributed by atoms with Gasteiger partial charge in [0, 0.05) is 18.1 Å². The van der Waals surface area contributed by atoms with Gasteiger partial charge in [0.05, 0.1) is 11.1 Å². The molecule has 5 nitrogen and oxygen atoms in total. The predicted octanol–water partition coefficient (Wildman–Crippen LogP) is 2.76. The van der Waals surface area contributed by atoms with E-state index in [2.05, 4.69) is 15.6 Å². The lowest BCUT2D eigenvalue weighted by Gasteiger charge is -2.18. The maximum atomic E-state index is 12.8. The molecule has 1 aromatic heterocycles. The summed E-state index contributed by atoms with van der Waals surface area (Å²) in [4.78, 5) is 29.6. The lowest BCUT2D eigenvalue weighted by molar-refractivity contribution is -0.122. The molecule has 126 valence electrons. The number of nitrogens with one attached hydrogen (secondary N) is 2. The Hall–Kier alpha value is -3.21. The molecule has 2 N–H and O–H groups in total. The van der Waals surface area contributed by atoms with Gasteiger partial charge in [-0.1, -0.05) is 48.5 Å². The maximum Gasteiger partial charge on any atom is 0.254 e. The molecule has 0 radical (unpaired) electrons. The second kappa shape index (κ2) is 7.13. The Bertz CT molecular complexity index is 923. The molecular weight excluding hydrogens is 314 g/mol. The van der Waals surface area contributed by atoms with Crippen LogP contribution in [0.2, 0.25) is 0 Å². The van der Waals surface area contributed by atoms with Gasteiger partial charge in [0.2, 0.25) is 5.91 Å². The van der Waals surface area contributed by atoms with Gasteiger partial charge in [0.1, 0.15) is 6.04 Å². The minimum Gasteiger partial charge on any atom is -0.357 e. The van der Waals surface area contributed by atoms with E-state index < -0.39 is 6.04 Å². The fourth-order valence-corrected chi connectivity index (χ4v) is 2.73. The van der Waals surface area contributed by atoms with Crippen LogP contribution in [0.25, 0.3) is 10.9 Å². The highest BCUT2D eigenvalue weighted by Crippen LogP contribution is 2.19. The van der Waals surface area contributed by atoms with Gasteiger partial charge in [-0.05, 0) is 24.6 Å². The van der Waals surface area contributed by atoms with Gasteiger partial charge < -0.3 is 10.6 Å². The lowest BCUT2D eigenvalue weighted by atomic mass is 10.0. The molecule has 0 saturated heterocycles. The van der Waals surface area contributed by atoms with E-state index in [1.807, 2.05) is 61.5 Å². The number of hydrogen-bond acceptors (Lipinski definition) is 3. The Labute approximate surface area is 146 Å². The minimum atomic E-state index is -0.765. The van der Waals surface area contributed by atoms with Gasteiger partial charge >= 0.3 is 0 Å². The number of rotatable bonds is 4. The first-order chi connectivity index (χ1) is 12.1. The number of benzene rings is 2. The van der Waals surface area contributed by atoms with E-state index in [1.54, 1.807) is 13.1 Å². The molecule has 0 aliphatic rings. The van der Waals surface area contributed by atoms with Crippen molar-refractivity contribution in [1.82, 2.24) is 15.6 Å². The average Bonchev–Trinajstić information content (AvgIpc) is 2.65. The number of pyridine rings is 1. The summed E-state index contributed by atoms with van der Waals surface area (Å²) < 4.78 is 0. The Morgan fingerprint density at radius 2 is 1.72 bits per heavy atom. The smallest absolute Gasteiger partial charge is 0.254 e. The highest BCUT2D eigenvalue weighted by Gasteiger charge is 2.23. The number of amides is 2. The zero-order chi connectivity index (χ0) is 17.8. The number of aromatic nitrogens is 1. The van der Waals surface area contributed by atoms with Crippen molar-refractivity contribution < 1.29 is 9.59 Å². The largest absolute Gasteiger partial charge is 0.357 e. The van der Waals surface area contributed by atoms with Crippen molar-refractivity contribution >= 4 is 22.7 Å². The van der Waals surface area contributed by atoms with Crippen LogP contribution >= 0.6 is 0 Å². The first-order valence-electron chi connectivity index (χ1n) is 8.04. The molecule has 2 aromatic carbocycles. The number of hydrogen-bond donors (Lipinski definition) is 2. The molecule has 0 bridgehead atoms. The molecule has 1 heterocycles. The normalized spacial score (nSPS) is 11.8. The van der Waals surface area contributed by atoms with E-state index in [4.69, 9.17) is 0 Å². The number of fused-ring (bicyclic) bond motifs is 1. The Morgan fingerprint density at radius 3 is 2.44 bits per heavy atom. The van der Waals surface area contributed by atoms with E-state index in [1.165, 1.54) is 0 Å². The molecule has 25 heavy (non-hydrogen) atoms. The second-order valence-electron chi connectivity index (χ2n) is 5.76. The summed E-state index contributed by atoms with van der Waals surface area (Å²) in [6.45, 7) is 1.88. The van der Waals surface area contributed by atoms with Crippen molar-refractivity contribution in [2.45, 2.75) is 13.0 Å². The standard InChI is InChI=1S/C20H19N3O2/c1-13-11-12-15-9-6-10-16(17(15)22-13)19(24)23-18(20(25)21-2)14-7-4-3-5-8-14/h3-12,18H,1-2H3,(H,21,25)(H,23,24)/t18-/m1/s1. The van der Waals surface area contributed by atoms with E-state index in [9.17, 15) is 9.59 Å². The summed E-state index contributed by atoms with van der Waals surface area (Å²) in [6.07, 6.45) is 0.